The Balaban J connectivity index is 1.40. The van der Waals surface area contributed by atoms with Gasteiger partial charge in [0, 0.05) is 37.3 Å². The maximum absolute atomic E-state index is 12.9. The standard InChI is InChI=1S/C20H24N4O6S/c1-2-29-20(26)23-10-12-24(13-11-23)31(27,28)15-8-6-14(7-9-15)18(25)21-19-16-4-3-5-17(16)22-30-19/h6-9H,2-5,10-13H2,1H3,(H,21,25). The molecule has 2 aromatic rings. The molecule has 31 heavy (non-hydrogen) atoms. The van der Waals surface area contributed by atoms with Crippen LogP contribution in [0.2, 0.25) is 0 Å². The van der Waals surface area contributed by atoms with E-state index in [1.165, 1.54) is 33.5 Å². The number of carbonyl (C=O) groups excluding carboxylic acids is 2. The van der Waals surface area contributed by atoms with Gasteiger partial charge in [0.05, 0.1) is 17.2 Å². The third-order valence-corrected chi connectivity index (χ3v) is 7.37. The van der Waals surface area contributed by atoms with Crippen LogP contribution in [0.25, 0.3) is 0 Å². The van der Waals surface area contributed by atoms with Crippen molar-refractivity contribution in [2.24, 2.45) is 0 Å². The molecule has 1 aromatic heterocycles. The second-order valence-electron chi connectivity index (χ2n) is 7.36. The average molecular weight is 449 g/mol. The van der Waals surface area contributed by atoms with E-state index in [-0.39, 0.29) is 37.7 Å². The highest BCUT2D eigenvalue weighted by molar-refractivity contribution is 7.89. The smallest absolute Gasteiger partial charge is 0.409 e. The molecule has 2 amide bonds. The van der Waals surface area contributed by atoms with Crippen LogP contribution in [0.1, 0.15) is 35.0 Å². The summed E-state index contributed by atoms with van der Waals surface area (Å²) >= 11 is 0. The number of fused-ring (bicyclic) bond motifs is 1. The fourth-order valence-electron chi connectivity index (χ4n) is 3.76. The molecule has 1 aromatic carbocycles. The van der Waals surface area contributed by atoms with Crippen molar-refractivity contribution >= 4 is 27.9 Å². The van der Waals surface area contributed by atoms with Gasteiger partial charge in [-0.3, -0.25) is 10.1 Å². The minimum atomic E-state index is -3.73. The number of aryl methyl sites for hydroxylation is 1. The second kappa shape index (κ2) is 8.67. The normalized spacial score (nSPS) is 16.7. The molecule has 1 aliphatic heterocycles. The van der Waals surface area contributed by atoms with E-state index in [2.05, 4.69) is 10.5 Å². The molecular formula is C20H24N4O6S. The van der Waals surface area contributed by atoms with Crippen LogP contribution < -0.4 is 5.32 Å². The summed E-state index contributed by atoms with van der Waals surface area (Å²) in [5.41, 5.74) is 2.11. The first kappa shape index (κ1) is 21.3. The number of ether oxygens (including phenoxy) is 1. The van der Waals surface area contributed by atoms with Gasteiger partial charge in [-0.1, -0.05) is 5.16 Å². The Kier molecular flexibility index (Phi) is 5.96. The lowest BCUT2D eigenvalue weighted by atomic mass is 10.2. The highest BCUT2D eigenvalue weighted by Crippen LogP contribution is 2.28. The van der Waals surface area contributed by atoms with Gasteiger partial charge in [-0.25, -0.2) is 13.2 Å². The molecular weight excluding hydrogens is 424 g/mol. The number of rotatable bonds is 5. The van der Waals surface area contributed by atoms with Gasteiger partial charge >= 0.3 is 6.09 Å². The molecule has 0 bridgehead atoms. The van der Waals surface area contributed by atoms with Crippen LogP contribution >= 0.6 is 0 Å². The molecule has 0 unspecified atom stereocenters. The Labute approximate surface area is 180 Å². The molecule has 1 aliphatic carbocycles. The number of hydrogen-bond acceptors (Lipinski definition) is 7. The fraction of sp³-hybridized carbons (Fsp3) is 0.450. The maximum atomic E-state index is 12.9. The lowest BCUT2D eigenvalue weighted by Crippen LogP contribution is -2.50. The van der Waals surface area contributed by atoms with Crippen LogP contribution in [0.15, 0.2) is 33.7 Å². The molecule has 11 heteroatoms. The first-order valence-corrected chi connectivity index (χ1v) is 11.6. The highest BCUT2D eigenvalue weighted by Gasteiger charge is 2.31. The monoisotopic (exact) mass is 448 g/mol. The fourth-order valence-corrected chi connectivity index (χ4v) is 5.18. The molecule has 0 atom stereocenters. The number of carbonyl (C=O) groups is 2. The predicted octanol–water partition coefficient (Wildman–Crippen LogP) is 1.88. The Morgan fingerprint density at radius 3 is 2.52 bits per heavy atom. The van der Waals surface area contributed by atoms with Crippen molar-refractivity contribution < 1.29 is 27.3 Å². The van der Waals surface area contributed by atoms with E-state index in [1.54, 1.807) is 6.92 Å². The van der Waals surface area contributed by atoms with E-state index in [0.717, 1.165) is 30.5 Å². The van der Waals surface area contributed by atoms with Crippen molar-refractivity contribution in [1.82, 2.24) is 14.4 Å². The number of sulfonamides is 1. The molecule has 2 aliphatic rings. The summed E-state index contributed by atoms with van der Waals surface area (Å²) in [4.78, 5) is 25.9. The number of amides is 2. The van der Waals surface area contributed by atoms with Crippen LogP contribution in [-0.2, 0) is 27.6 Å². The molecule has 1 fully saturated rings. The van der Waals surface area contributed by atoms with Crippen LogP contribution in [0.5, 0.6) is 0 Å². The minimum Gasteiger partial charge on any atom is -0.450 e. The molecule has 0 saturated carbocycles. The Bertz CT molecular complexity index is 1070. The van der Waals surface area contributed by atoms with Gasteiger partial charge in [0.25, 0.3) is 5.91 Å². The van der Waals surface area contributed by atoms with Crippen LogP contribution in [0.4, 0.5) is 10.7 Å². The minimum absolute atomic E-state index is 0.0918. The molecule has 0 spiro atoms. The van der Waals surface area contributed by atoms with Gasteiger partial charge in [0.2, 0.25) is 15.9 Å². The summed E-state index contributed by atoms with van der Waals surface area (Å²) in [6.07, 6.45) is 2.20. The van der Waals surface area contributed by atoms with E-state index in [4.69, 9.17) is 9.26 Å². The molecule has 0 radical (unpaired) electrons. The van der Waals surface area contributed by atoms with E-state index < -0.39 is 22.0 Å². The SMILES string of the molecule is CCOC(=O)N1CCN(S(=O)(=O)c2ccc(C(=O)Nc3onc4c3CCC4)cc2)CC1. The Hall–Kier alpha value is -2.92. The number of hydrogen-bond donors (Lipinski definition) is 1. The van der Waals surface area contributed by atoms with Gasteiger partial charge in [0.15, 0.2) is 0 Å². The molecule has 10 nitrogen and oxygen atoms in total. The quantitative estimate of drug-likeness (QED) is 0.741. The van der Waals surface area contributed by atoms with Crippen molar-refractivity contribution in [2.75, 3.05) is 38.1 Å². The summed E-state index contributed by atoms with van der Waals surface area (Å²) in [7, 11) is -3.73. The van der Waals surface area contributed by atoms with Gasteiger partial charge in [-0.2, -0.15) is 4.31 Å². The zero-order chi connectivity index (χ0) is 22.0. The van der Waals surface area contributed by atoms with Crippen LogP contribution in [0, 0.1) is 0 Å². The van der Waals surface area contributed by atoms with E-state index in [0.29, 0.717) is 11.4 Å². The third-order valence-electron chi connectivity index (χ3n) is 5.46. The number of aromatic nitrogens is 1. The van der Waals surface area contributed by atoms with Crippen molar-refractivity contribution in [1.29, 1.82) is 0 Å². The molecule has 166 valence electrons. The van der Waals surface area contributed by atoms with Crippen LogP contribution in [-0.4, -0.2) is 67.6 Å². The summed E-state index contributed by atoms with van der Waals surface area (Å²) in [5.74, 6) is -0.0356. The Morgan fingerprint density at radius 1 is 1.13 bits per heavy atom. The summed E-state index contributed by atoms with van der Waals surface area (Å²) in [6.45, 7) is 2.89. The van der Waals surface area contributed by atoms with Gasteiger partial charge in [-0.05, 0) is 50.5 Å². The predicted molar refractivity (Wildman–Crippen MR) is 110 cm³/mol. The first-order chi connectivity index (χ1) is 14.9. The lowest BCUT2D eigenvalue weighted by Gasteiger charge is -2.33. The summed E-state index contributed by atoms with van der Waals surface area (Å²) in [6, 6.07) is 5.75. The zero-order valence-electron chi connectivity index (χ0n) is 17.2. The molecule has 1 N–H and O–H groups in total. The lowest BCUT2D eigenvalue weighted by molar-refractivity contribution is 0.0933. The van der Waals surface area contributed by atoms with E-state index in [9.17, 15) is 18.0 Å². The number of benzene rings is 1. The summed E-state index contributed by atoms with van der Waals surface area (Å²) < 4.78 is 37.3. The van der Waals surface area contributed by atoms with Gasteiger partial charge in [0.1, 0.15) is 0 Å². The highest BCUT2D eigenvalue weighted by atomic mass is 32.2. The second-order valence-corrected chi connectivity index (χ2v) is 9.30. The van der Waals surface area contributed by atoms with Crippen molar-refractivity contribution in [3.05, 3.63) is 41.1 Å². The van der Waals surface area contributed by atoms with Crippen LogP contribution in [0.3, 0.4) is 0 Å². The Morgan fingerprint density at radius 2 is 1.84 bits per heavy atom. The number of anilines is 1. The van der Waals surface area contributed by atoms with Crippen molar-refractivity contribution in [2.45, 2.75) is 31.1 Å². The largest absolute Gasteiger partial charge is 0.450 e. The van der Waals surface area contributed by atoms with Crippen molar-refractivity contribution in [3.63, 3.8) is 0 Å². The van der Waals surface area contributed by atoms with Crippen molar-refractivity contribution in [3.8, 4) is 0 Å². The average Bonchev–Trinajstić information content (AvgIpc) is 3.39. The number of piperazine rings is 1. The number of nitrogens with zero attached hydrogens (tertiary/aromatic N) is 3. The van der Waals surface area contributed by atoms with E-state index in [1.807, 2.05) is 0 Å². The zero-order valence-corrected chi connectivity index (χ0v) is 18.0. The number of nitrogens with one attached hydrogen (secondary N) is 1. The third kappa shape index (κ3) is 4.28. The van der Waals surface area contributed by atoms with Gasteiger partial charge in [-0.15, -0.1) is 0 Å². The maximum Gasteiger partial charge on any atom is 0.409 e. The van der Waals surface area contributed by atoms with Gasteiger partial charge < -0.3 is 14.2 Å². The molecule has 4 rings (SSSR count). The molecule has 2 heterocycles. The molecule has 1 saturated heterocycles. The van der Waals surface area contributed by atoms with E-state index >= 15 is 0 Å². The summed E-state index contributed by atoms with van der Waals surface area (Å²) in [5, 5.41) is 6.67. The first-order valence-electron chi connectivity index (χ1n) is 10.2. The topological polar surface area (TPSA) is 122 Å².